The Kier molecular flexibility index (Phi) is 5.75. The van der Waals surface area contributed by atoms with Gasteiger partial charge in [0, 0.05) is 31.9 Å². The van der Waals surface area contributed by atoms with E-state index in [-0.39, 0.29) is 24.9 Å². The van der Waals surface area contributed by atoms with Gasteiger partial charge >= 0.3 is 5.97 Å². The lowest BCUT2D eigenvalue weighted by Gasteiger charge is -2.36. The molecule has 0 saturated carbocycles. The molecular weight excluding hydrogens is 364 g/mol. The van der Waals surface area contributed by atoms with Gasteiger partial charge in [-0.15, -0.1) is 0 Å². The Bertz CT molecular complexity index is 990. The van der Waals surface area contributed by atoms with Crippen molar-refractivity contribution in [3.05, 3.63) is 78.4 Å². The lowest BCUT2D eigenvalue weighted by molar-refractivity contribution is -0.151. The minimum Gasteiger partial charge on any atom is -0.455 e. The van der Waals surface area contributed by atoms with Gasteiger partial charge in [-0.2, -0.15) is 0 Å². The summed E-state index contributed by atoms with van der Waals surface area (Å²) in [4.78, 5) is 28.7. The maximum atomic E-state index is 12.4. The summed E-state index contributed by atoms with van der Waals surface area (Å²) in [5.74, 6) is -0.512. The Morgan fingerprint density at radius 1 is 0.793 bits per heavy atom. The topological polar surface area (TPSA) is 49.9 Å². The van der Waals surface area contributed by atoms with Crippen LogP contribution in [0, 0.1) is 0 Å². The minimum absolute atomic E-state index is 0.135. The summed E-state index contributed by atoms with van der Waals surface area (Å²) in [6, 6.07) is 24.0. The average molecular weight is 388 g/mol. The number of carbonyl (C=O) groups excluding carboxylic acids is 2. The molecule has 0 aromatic heterocycles. The molecule has 0 aliphatic carbocycles. The van der Waals surface area contributed by atoms with Crippen molar-refractivity contribution in [1.82, 2.24) is 4.90 Å². The third-order valence-electron chi connectivity index (χ3n) is 5.33. The van der Waals surface area contributed by atoms with E-state index < -0.39 is 0 Å². The number of hydrogen-bond acceptors (Lipinski definition) is 4. The molecule has 1 saturated heterocycles. The van der Waals surface area contributed by atoms with Crippen LogP contribution in [0.3, 0.4) is 0 Å². The van der Waals surface area contributed by atoms with Gasteiger partial charge in [-0.1, -0.05) is 60.7 Å². The average Bonchev–Trinajstić information content (AvgIpc) is 2.78. The summed E-state index contributed by atoms with van der Waals surface area (Å²) in [7, 11) is 0. The van der Waals surface area contributed by atoms with E-state index in [0.29, 0.717) is 13.1 Å². The summed E-state index contributed by atoms with van der Waals surface area (Å²) in [6.45, 7) is 2.62. The van der Waals surface area contributed by atoms with Gasteiger partial charge in [-0.25, -0.2) is 0 Å². The number of nitrogens with zero attached hydrogens (tertiary/aromatic N) is 2. The fourth-order valence-electron chi connectivity index (χ4n) is 3.74. The largest absolute Gasteiger partial charge is 0.455 e. The maximum absolute atomic E-state index is 12.4. The highest BCUT2D eigenvalue weighted by Gasteiger charge is 2.22. The SMILES string of the molecule is O=C(Cc1cccc2ccccc12)OCC(=O)N1CCN(c2ccccc2)CC1. The molecule has 1 amide bonds. The number of amides is 1. The molecule has 5 nitrogen and oxygen atoms in total. The van der Waals surface area contributed by atoms with E-state index in [9.17, 15) is 9.59 Å². The predicted octanol–water partition coefficient (Wildman–Crippen LogP) is 3.27. The van der Waals surface area contributed by atoms with Gasteiger partial charge in [-0.05, 0) is 28.5 Å². The first-order valence-corrected chi connectivity index (χ1v) is 9.91. The van der Waals surface area contributed by atoms with Crippen LogP contribution in [-0.2, 0) is 20.7 Å². The number of benzene rings is 3. The highest BCUT2D eigenvalue weighted by Crippen LogP contribution is 2.19. The molecule has 4 rings (SSSR count). The van der Waals surface area contributed by atoms with E-state index in [1.165, 1.54) is 5.69 Å². The summed E-state index contributed by atoms with van der Waals surface area (Å²) in [5, 5.41) is 2.13. The number of esters is 1. The third-order valence-corrected chi connectivity index (χ3v) is 5.33. The van der Waals surface area contributed by atoms with E-state index in [2.05, 4.69) is 17.0 Å². The van der Waals surface area contributed by atoms with Crippen molar-refractivity contribution in [3.8, 4) is 0 Å². The van der Waals surface area contributed by atoms with Gasteiger partial charge < -0.3 is 14.5 Å². The van der Waals surface area contributed by atoms with Crippen LogP contribution >= 0.6 is 0 Å². The molecule has 0 radical (unpaired) electrons. The number of ether oxygens (including phenoxy) is 1. The van der Waals surface area contributed by atoms with Crippen LogP contribution < -0.4 is 4.90 Å². The number of fused-ring (bicyclic) bond motifs is 1. The smallest absolute Gasteiger partial charge is 0.310 e. The molecule has 5 heteroatoms. The Balaban J connectivity index is 1.27. The van der Waals surface area contributed by atoms with Crippen molar-refractivity contribution in [2.75, 3.05) is 37.7 Å². The monoisotopic (exact) mass is 388 g/mol. The highest BCUT2D eigenvalue weighted by atomic mass is 16.5. The van der Waals surface area contributed by atoms with Crippen LogP contribution in [0.2, 0.25) is 0 Å². The molecule has 0 bridgehead atoms. The van der Waals surface area contributed by atoms with Crippen molar-refractivity contribution >= 4 is 28.3 Å². The van der Waals surface area contributed by atoms with Crippen LogP contribution in [0.4, 0.5) is 5.69 Å². The molecular formula is C24H24N2O3. The Morgan fingerprint density at radius 3 is 2.28 bits per heavy atom. The molecule has 29 heavy (non-hydrogen) atoms. The van der Waals surface area contributed by atoms with Gasteiger partial charge in [0.25, 0.3) is 5.91 Å². The first-order valence-electron chi connectivity index (χ1n) is 9.91. The van der Waals surface area contributed by atoms with Crippen molar-refractivity contribution in [2.45, 2.75) is 6.42 Å². The van der Waals surface area contributed by atoms with Crippen LogP contribution in [0.25, 0.3) is 10.8 Å². The highest BCUT2D eigenvalue weighted by molar-refractivity contribution is 5.89. The van der Waals surface area contributed by atoms with Crippen molar-refractivity contribution in [2.24, 2.45) is 0 Å². The van der Waals surface area contributed by atoms with Gasteiger partial charge in [0.1, 0.15) is 0 Å². The maximum Gasteiger partial charge on any atom is 0.310 e. The zero-order valence-electron chi connectivity index (χ0n) is 16.3. The molecule has 0 unspecified atom stereocenters. The summed E-state index contributed by atoms with van der Waals surface area (Å²) in [5.41, 5.74) is 2.08. The lowest BCUT2D eigenvalue weighted by Crippen LogP contribution is -2.49. The van der Waals surface area contributed by atoms with Crippen molar-refractivity contribution < 1.29 is 14.3 Å². The van der Waals surface area contributed by atoms with Crippen molar-refractivity contribution in [3.63, 3.8) is 0 Å². The van der Waals surface area contributed by atoms with Crippen LogP contribution in [0.1, 0.15) is 5.56 Å². The van der Waals surface area contributed by atoms with Gasteiger partial charge in [0.2, 0.25) is 0 Å². The molecule has 148 valence electrons. The number of hydrogen-bond donors (Lipinski definition) is 0. The Hall–Kier alpha value is -3.34. The standard InChI is InChI=1S/C24H24N2O3/c27-23(26-15-13-25(14-16-26)21-10-2-1-3-11-21)18-29-24(28)17-20-9-6-8-19-7-4-5-12-22(19)20/h1-12H,13-18H2. The normalized spacial score (nSPS) is 14.1. The quantitative estimate of drug-likeness (QED) is 0.630. The fourth-order valence-corrected chi connectivity index (χ4v) is 3.74. The number of carbonyl (C=O) groups is 2. The number of anilines is 1. The molecule has 1 heterocycles. The van der Waals surface area contributed by atoms with Crippen molar-refractivity contribution in [1.29, 1.82) is 0 Å². The zero-order chi connectivity index (χ0) is 20.1. The third kappa shape index (κ3) is 4.57. The summed E-state index contributed by atoms with van der Waals surface area (Å²) < 4.78 is 5.28. The molecule has 0 atom stereocenters. The molecule has 1 aliphatic rings. The van der Waals surface area contributed by atoms with E-state index in [4.69, 9.17) is 4.74 Å². The van der Waals surface area contributed by atoms with E-state index in [1.54, 1.807) is 4.90 Å². The van der Waals surface area contributed by atoms with Gasteiger partial charge in [0.15, 0.2) is 6.61 Å². The summed E-state index contributed by atoms with van der Waals surface area (Å²) in [6.07, 6.45) is 0.163. The zero-order valence-corrected chi connectivity index (χ0v) is 16.3. The van der Waals surface area contributed by atoms with E-state index >= 15 is 0 Å². The van der Waals surface area contributed by atoms with Gasteiger partial charge in [-0.3, -0.25) is 9.59 Å². The van der Waals surface area contributed by atoms with E-state index in [0.717, 1.165) is 29.4 Å². The molecule has 1 fully saturated rings. The molecule has 1 aliphatic heterocycles. The molecule has 3 aromatic rings. The molecule has 3 aromatic carbocycles. The summed E-state index contributed by atoms with van der Waals surface area (Å²) >= 11 is 0. The van der Waals surface area contributed by atoms with Crippen LogP contribution in [0.15, 0.2) is 72.8 Å². The molecule has 0 N–H and O–H groups in total. The van der Waals surface area contributed by atoms with Crippen LogP contribution in [0.5, 0.6) is 0 Å². The van der Waals surface area contributed by atoms with Gasteiger partial charge in [0.05, 0.1) is 6.42 Å². The molecule has 0 spiro atoms. The second kappa shape index (κ2) is 8.78. The Morgan fingerprint density at radius 2 is 1.48 bits per heavy atom. The lowest BCUT2D eigenvalue weighted by atomic mass is 10.0. The first kappa shape index (κ1) is 19.0. The second-order valence-electron chi connectivity index (χ2n) is 7.18. The number of piperazine rings is 1. The predicted molar refractivity (Wildman–Crippen MR) is 114 cm³/mol. The first-order chi connectivity index (χ1) is 14.2. The Labute approximate surface area is 170 Å². The minimum atomic E-state index is -0.377. The number of para-hydroxylation sites is 1. The second-order valence-corrected chi connectivity index (χ2v) is 7.18. The number of rotatable bonds is 5. The van der Waals surface area contributed by atoms with E-state index in [1.807, 2.05) is 60.7 Å². The fraction of sp³-hybridized carbons (Fsp3) is 0.250. The van der Waals surface area contributed by atoms with Crippen LogP contribution in [-0.4, -0.2) is 49.6 Å².